The average Bonchev–Trinajstić information content (AvgIpc) is 3.06. The third-order valence-electron chi connectivity index (χ3n) is 4.96. The second kappa shape index (κ2) is 7.70. The van der Waals surface area contributed by atoms with Gasteiger partial charge in [-0.05, 0) is 62.1 Å². The minimum absolute atomic E-state index is 0.0535. The molecule has 0 saturated carbocycles. The van der Waals surface area contributed by atoms with Crippen molar-refractivity contribution >= 4 is 11.6 Å². The van der Waals surface area contributed by atoms with E-state index in [1.54, 1.807) is 7.11 Å². The second-order valence-corrected chi connectivity index (χ2v) is 6.72. The highest BCUT2D eigenvalue weighted by atomic mass is 16.5. The minimum Gasteiger partial charge on any atom is -0.497 e. The van der Waals surface area contributed by atoms with Gasteiger partial charge in [0.1, 0.15) is 5.75 Å². The van der Waals surface area contributed by atoms with Gasteiger partial charge in [0.25, 0.3) is 0 Å². The number of carbonyl (C=O) groups excluding carboxylic acids is 1. The molecule has 132 valence electrons. The van der Waals surface area contributed by atoms with E-state index in [2.05, 4.69) is 22.3 Å². The molecule has 0 spiro atoms. The van der Waals surface area contributed by atoms with Crippen molar-refractivity contribution in [2.45, 2.75) is 32.7 Å². The summed E-state index contributed by atoms with van der Waals surface area (Å²) < 4.78 is 5.23. The molecule has 1 amide bonds. The first-order valence-electron chi connectivity index (χ1n) is 8.82. The van der Waals surface area contributed by atoms with Crippen LogP contribution in [0.5, 0.6) is 5.75 Å². The van der Waals surface area contributed by atoms with Gasteiger partial charge in [-0.15, -0.1) is 0 Å². The Kier molecular flexibility index (Phi) is 5.39. The maximum atomic E-state index is 12.6. The predicted octanol–water partition coefficient (Wildman–Crippen LogP) is 4.09. The van der Waals surface area contributed by atoms with Crippen molar-refractivity contribution in [1.82, 2.24) is 4.90 Å². The van der Waals surface area contributed by atoms with Crippen molar-refractivity contribution in [3.8, 4) is 5.75 Å². The van der Waals surface area contributed by atoms with E-state index in [-0.39, 0.29) is 5.91 Å². The van der Waals surface area contributed by atoms with Crippen molar-refractivity contribution in [3.05, 3.63) is 59.2 Å². The zero-order valence-electron chi connectivity index (χ0n) is 15.2. The number of methoxy groups -OCH3 is 1. The standard InChI is InChI=1S/C21H26N2O2/c1-15-6-4-7-16(2)21(15)22-20(24)14-23-13-5-8-19(23)17-9-11-18(25-3)12-10-17/h4,6-7,9-12,19H,5,8,13-14H2,1-3H3,(H,22,24)/t19-/m1/s1. The van der Waals surface area contributed by atoms with Gasteiger partial charge in [-0.2, -0.15) is 0 Å². The molecule has 1 N–H and O–H groups in total. The van der Waals surface area contributed by atoms with Crippen LogP contribution in [-0.4, -0.2) is 31.0 Å². The molecule has 4 nitrogen and oxygen atoms in total. The average molecular weight is 338 g/mol. The number of aryl methyl sites for hydroxylation is 2. The number of carbonyl (C=O) groups is 1. The summed E-state index contributed by atoms with van der Waals surface area (Å²) in [6.07, 6.45) is 2.20. The third-order valence-corrected chi connectivity index (χ3v) is 4.96. The Bertz CT molecular complexity index is 720. The first-order valence-corrected chi connectivity index (χ1v) is 8.82. The molecule has 0 bridgehead atoms. The lowest BCUT2D eigenvalue weighted by molar-refractivity contribution is -0.117. The number of ether oxygens (including phenoxy) is 1. The molecule has 1 heterocycles. The van der Waals surface area contributed by atoms with Crippen LogP contribution in [0.2, 0.25) is 0 Å². The SMILES string of the molecule is COc1ccc([C@H]2CCCN2CC(=O)Nc2c(C)cccc2C)cc1. The van der Waals surface area contributed by atoms with E-state index in [0.717, 1.165) is 42.0 Å². The molecule has 1 saturated heterocycles. The predicted molar refractivity (Wildman–Crippen MR) is 101 cm³/mol. The van der Waals surface area contributed by atoms with E-state index in [4.69, 9.17) is 4.74 Å². The van der Waals surface area contributed by atoms with Gasteiger partial charge >= 0.3 is 0 Å². The number of para-hydroxylation sites is 1. The van der Waals surface area contributed by atoms with Gasteiger partial charge < -0.3 is 10.1 Å². The van der Waals surface area contributed by atoms with E-state index >= 15 is 0 Å². The van der Waals surface area contributed by atoms with E-state index < -0.39 is 0 Å². The highest BCUT2D eigenvalue weighted by Crippen LogP contribution is 2.32. The first-order chi connectivity index (χ1) is 12.1. The maximum absolute atomic E-state index is 12.6. The number of anilines is 1. The molecular formula is C21H26N2O2. The van der Waals surface area contributed by atoms with E-state index in [1.165, 1.54) is 5.56 Å². The van der Waals surface area contributed by atoms with Crippen LogP contribution < -0.4 is 10.1 Å². The Morgan fingerprint density at radius 1 is 1.16 bits per heavy atom. The highest BCUT2D eigenvalue weighted by Gasteiger charge is 2.27. The van der Waals surface area contributed by atoms with Gasteiger partial charge in [-0.3, -0.25) is 9.69 Å². The van der Waals surface area contributed by atoms with Crippen molar-refractivity contribution in [2.24, 2.45) is 0 Å². The van der Waals surface area contributed by atoms with Crippen LogP contribution in [0.25, 0.3) is 0 Å². The van der Waals surface area contributed by atoms with E-state index in [0.29, 0.717) is 12.6 Å². The van der Waals surface area contributed by atoms with Crippen LogP contribution in [0.3, 0.4) is 0 Å². The normalized spacial score (nSPS) is 17.5. The van der Waals surface area contributed by atoms with Crippen LogP contribution in [0, 0.1) is 13.8 Å². The van der Waals surface area contributed by atoms with Gasteiger partial charge in [0.2, 0.25) is 5.91 Å². The minimum atomic E-state index is 0.0535. The lowest BCUT2D eigenvalue weighted by atomic mass is 10.0. The lowest BCUT2D eigenvalue weighted by Crippen LogP contribution is -2.33. The molecular weight excluding hydrogens is 312 g/mol. The van der Waals surface area contributed by atoms with E-state index in [9.17, 15) is 4.79 Å². The van der Waals surface area contributed by atoms with Gasteiger partial charge in [0.15, 0.2) is 0 Å². The number of nitrogens with one attached hydrogen (secondary N) is 1. The molecule has 1 atom stereocenters. The van der Waals surface area contributed by atoms with Crippen LogP contribution in [0.15, 0.2) is 42.5 Å². The largest absolute Gasteiger partial charge is 0.497 e. The number of nitrogens with zero attached hydrogens (tertiary/aromatic N) is 1. The molecule has 1 aliphatic heterocycles. The Morgan fingerprint density at radius 2 is 1.84 bits per heavy atom. The fourth-order valence-corrected chi connectivity index (χ4v) is 3.59. The Morgan fingerprint density at radius 3 is 2.48 bits per heavy atom. The van der Waals surface area contributed by atoms with Gasteiger partial charge in [0, 0.05) is 11.7 Å². The third kappa shape index (κ3) is 4.02. The molecule has 1 fully saturated rings. The summed E-state index contributed by atoms with van der Waals surface area (Å²) in [7, 11) is 1.68. The Labute approximate surface area is 149 Å². The maximum Gasteiger partial charge on any atom is 0.238 e. The van der Waals surface area contributed by atoms with Crippen molar-refractivity contribution in [2.75, 3.05) is 25.5 Å². The van der Waals surface area contributed by atoms with Crippen LogP contribution in [-0.2, 0) is 4.79 Å². The van der Waals surface area contributed by atoms with Crippen LogP contribution in [0.4, 0.5) is 5.69 Å². The number of rotatable bonds is 5. The molecule has 1 aliphatic rings. The molecule has 3 rings (SSSR count). The first kappa shape index (κ1) is 17.5. The zero-order valence-corrected chi connectivity index (χ0v) is 15.2. The topological polar surface area (TPSA) is 41.6 Å². The van der Waals surface area contributed by atoms with Crippen LogP contribution >= 0.6 is 0 Å². The monoisotopic (exact) mass is 338 g/mol. The number of likely N-dealkylation sites (tertiary alicyclic amines) is 1. The molecule has 2 aromatic rings. The molecule has 0 unspecified atom stereocenters. The summed E-state index contributed by atoms with van der Waals surface area (Å²) in [5.74, 6) is 0.916. The molecule has 0 radical (unpaired) electrons. The van der Waals surface area contributed by atoms with Gasteiger partial charge in [0.05, 0.1) is 13.7 Å². The lowest BCUT2D eigenvalue weighted by Gasteiger charge is -2.24. The molecule has 2 aromatic carbocycles. The zero-order chi connectivity index (χ0) is 17.8. The smallest absolute Gasteiger partial charge is 0.238 e. The Balaban J connectivity index is 1.67. The summed E-state index contributed by atoms with van der Waals surface area (Å²) in [5, 5.41) is 3.10. The number of hydrogen-bond acceptors (Lipinski definition) is 3. The molecule has 25 heavy (non-hydrogen) atoms. The van der Waals surface area contributed by atoms with Gasteiger partial charge in [-0.25, -0.2) is 0 Å². The number of amides is 1. The summed E-state index contributed by atoms with van der Waals surface area (Å²) >= 11 is 0. The summed E-state index contributed by atoms with van der Waals surface area (Å²) in [4.78, 5) is 14.8. The fourth-order valence-electron chi connectivity index (χ4n) is 3.59. The summed E-state index contributed by atoms with van der Waals surface area (Å²) in [5.41, 5.74) is 4.38. The van der Waals surface area contributed by atoms with E-state index in [1.807, 2.05) is 44.2 Å². The summed E-state index contributed by atoms with van der Waals surface area (Å²) in [6.45, 7) is 5.43. The quantitative estimate of drug-likeness (QED) is 0.893. The van der Waals surface area contributed by atoms with Crippen LogP contribution in [0.1, 0.15) is 35.6 Å². The number of hydrogen-bond donors (Lipinski definition) is 1. The molecule has 4 heteroatoms. The van der Waals surface area contributed by atoms with Crippen molar-refractivity contribution < 1.29 is 9.53 Å². The van der Waals surface area contributed by atoms with Crippen molar-refractivity contribution in [1.29, 1.82) is 0 Å². The molecule has 0 aliphatic carbocycles. The number of benzene rings is 2. The fraction of sp³-hybridized carbons (Fsp3) is 0.381. The van der Waals surface area contributed by atoms with Gasteiger partial charge in [-0.1, -0.05) is 30.3 Å². The van der Waals surface area contributed by atoms with Crippen molar-refractivity contribution in [3.63, 3.8) is 0 Å². The Hall–Kier alpha value is -2.33. The second-order valence-electron chi connectivity index (χ2n) is 6.72. The highest BCUT2D eigenvalue weighted by molar-refractivity contribution is 5.93. The summed E-state index contributed by atoms with van der Waals surface area (Å²) in [6, 6.07) is 14.5. The molecule has 0 aromatic heterocycles.